The molecule has 4 aromatic rings. The van der Waals surface area contributed by atoms with Gasteiger partial charge in [-0.05, 0) is 49.9 Å². The van der Waals surface area contributed by atoms with E-state index >= 15 is 0 Å². The number of aryl methyl sites for hydroxylation is 2. The molecule has 0 unspecified atom stereocenters. The third kappa shape index (κ3) is 36.2. The average Bonchev–Trinajstić information content (AvgIpc) is 1.38. The maximum atomic E-state index is 14.3. The van der Waals surface area contributed by atoms with Gasteiger partial charge in [0, 0.05) is 52.2 Å². The van der Waals surface area contributed by atoms with Crippen LogP contribution in [0.4, 0.5) is 0 Å². The number of nitrogens with zero attached hydrogens (tertiary/aromatic N) is 8. The topological polar surface area (TPSA) is 523 Å². The number of hydrogen-bond donors (Lipinski definition) is 14. The van der Waals surface area contributed by atoms with Gasteiger partial charge >= 0.3 is 11.9 Å². The van der Waals surface area contributed by atoms with Crippen LogP contribution in [0, 0.1) is 0 Å². The Hall–Kier alpha value is -7.04. The molecule has 2 aromatic heterocycles. The Bertz CT molecular complexity index is 3600. The van der Waals surface area contributed by atoms with Crippen LogP contribution < -0.4 is 29.6 Å². The molecule has 4 aliphatic heterocycles. The number of nitrogens with one attached hydrogen (secondary N) is 2. The number of ether oxygens (including phenoxy) is 11. The van der Waals surface area contributed by atoms with Crippen molar-refractivity contribution in [2.45, 2.75) is 395 Å². The standard InChI is InChI=1S/C92H152N10O29/c1-7-9-11-13-15-17-19-21-23-25-27-29-31-33-35-37-49-121-65-41-43-67(69(51-65)123-57-63-53-99(97-95-63)45-39-47-101(119-5)87-75(93-61(3)105)81(111)77(107)71(55-103)127-87)89(117)125-59-73-79(109)83(113)85(115)91(129-73)131-92-86(116)84(114)80(110)74(130-92)60-126-90(118)68-44-42-66(122-50-38-36-34-32-30-28-26-24-22-20-18-16-14-12-10-8-2)52-70(68)124-58-64-54-100(98-96-64)46-40-48-102(120-6)88-76(94-62(4)106)82(112)78(108)72(56-104)128-88/h41-44,51-54,71-88,91-92,103-104,107-116H,7-40,45-50,55-60H2,1-6H3,(H,93,105)(H,94,106)/t71-,72-,73-,74-,75-,76-,77-,78-,79-,80-,81-,82-,83+,84+,85-,86-,87-,88-,91-,92-/m1/s1. The predicted molar refractivity (Wildman–Crippen MR) is 474 cm³/mol. The molecule has 0 saturated carbocycles. The first-order valence-corrected chi connectivity index (χ1v) is 47.8. The summed E-state index contributed by atoms with van der Waals surface area (Å²) >= 11 is 0. The lowest BCUT2D eigenvalue weighted by atomic mass is 9.95. The van der Waals surface area contributed by atoms with Crippen molar-refractivity contribution < 1.29 is 142 Å². The second-order valence-corrected chi connectivity index (χ2v) is 34.8. The van der Waals surface area contributed by atoms with Crippen LogP contribution in [-0.2, 0) is 78.7 Å². The van der Waals surface area contributed by atoms with E-state index in [1.807, 2.05) is 0 Å². The number of benzene rings is 2. The molecule has 20 atom stereocenters. The summed E-state index contributed by atoms with van der Waals surface area (Å²) in [6.45, 7) is 5.30. The third-order valence-corrected chi connectivity index (χ3v) is 24.3. The summed E-state index contributed by atoms with van der Waals surface area (Å²) < 4.78 is 68.9. The van der Waals surface area contributed by atoms with Crippen LogP contribution in [0.3, 0.4) is 0 Å². The maximum absolute atomic E-state index is 14.3. The number of aromatic nitrogens is 6. The number of aliphatic hydroxyl groups excluding tert-OH is 12. The number of carbonyl (C=O) groups is 4. The molecule has 4 aliphatic rings. The van der Waals surface area contributed by atoms with Gasteiger partial charge < -0.3 is 124 Å². The summed E-state index contributed by atoms with van der Waals surface area (Å²) in [5.41, 5.74) is 0.437. The van der Waals surface area contributed by atoms with Crippen LogP contribution in [0.25, 0.3) is 0 Å². The maximum Gasteiger partial charge on any atom is 0.342 e. The molecule has 4 fully saturated rings. The summed E-state index contributed by atoms with van der Waals surface area (Å²) in [5, 5.41) is 155. The van der Waals surface area contributed by atoms with Crippen LogP contribution >= 0.6 is 0 Å². The fraction of sp³-hybridized carbons (Fsp3) is 0.783. The second kappa shape index (κ2) is 60.4. The van der Waals surface area contributed by atoms with Crippen molar-refractivity contribution in [3.63, 3.8) is 0 Å². The minimum atomic E-state index is -2.07. The number of rotatable bonds is 66. The Kier molecular flexibility index (Phi) is 50.4. The third-order valence-electron chi connectivity index (χ3n) is 24.3. The second-order valence-electron chi connectivity index (χ2n) is 34.8. The summed E-state index contributed by atoms with van der Waals surface area (Å²) in [5.74, 6) is -2.25. The van der Waals surface area contributed by atoms with Crippen LogP contribution in [0.1, 0.15) is 278 Å². The van der Waals surface area contributed by atoms with Gasteiger partial charge in [-0.25, -0.2) is 9.59 Å². The van der Waals surface area contributed by atoms with Crippen molar-refractivity contribution in [3.05, 3.63) is 71.3 Å². The molecule has 0 aliphatic carbocycles. The monoisotopic (exact) mass is 1860 g/mol. The van der Waals surface area contributed by atoms with Gasteiger partial charge in [0.15, 0.2) is 25.0 Å². The lowest BCUT2D eigenvalue weighted by Crippen LogP contribution is -2.67. The normalized spacial score (nSPS) is 25.7. The zero-order valence-electron chi connectivity index (χ0n) is 77.6. The Morgan fingerprint density at radius 3 is 1.03 bits per heavy atom. The Morgan fingerprint density at radius 2 is 0.718 bits per heavy atom. The highest BCUT2D eigenvalue weighted by atomic mass is 16.8. The van der Waals surface area contributed by atoms with E-state index in [0.29, 0.717) is 48.9 Å². The number of esters is 2. The van der Waals surface area contributed by atoms with Crippen molar-refractivity contribution in [2.75, 3.05) is 67.0 Å². The molecular formula is C92H152N10O29. The lowest BCUT2D eigenvalue weighted by Gasteiger charge is -2.45. The first-order chi connectivity index (χ1) is 63.4. The van der Waals surface area contributed by atoms with Gasteiger partial charge in [-0.3, -0.25) is 28.6 Å². The highest BCUT2D eigenvalue weighted by molar-refractivity contribution is 5.93. The SMILES string of the molecule is CCCCCCCCCCCCCCCCCCOc1ccc(C(=O)OC[C@H]2O[C@H](O[C@H]3O[C@H](COC(=O)c4ccc(OCCCCCCCCCCCCCCCCCC)cc4OCc4cn(CCCN(OC)[C@@H]5O[C@H](CO)[C@@H](O)[C@H](O)[C@H]5NC(C)=O)nn4)[C@@H](O)[C@H](O)[C@H]3O)[C@H](O)[C@@H](O)[C@@H]2O)c(OCc2cn(CCCN(OC)[C@@H]3O[C@H](CO)[C@@H](O)[C@H](O)[C@H]3NC(C)=O)nn2)c1. The molecule has 744 valence electrons. The van der Waals surface area contributed by atoms with Crippen molar-refractivity contribution in [1.29, 1.82) is 0 Å². The fourth-order valence-electron chi connectivity index (χ4n) is 16.6. The van der Waals surface area contributed by atoms with Gasteiger partial charge in [0.1, 0.15) is 157 Å². The van der Waals surface area contributed by atoms with Gasteiger partial charge in [0.25, 0.3) is 0 Å². The summed E-state index contributed by atoms with van der Waals surface area (Å²) in [6, 6.07) is 6.76. The van der Waals surface area contributed by atoms with Crippen LogP contribution in [-0.4, -0.2) is 315 Å². The number of carbonyl (C=O) groups excluding carboxylic acids is 4. The van der Waals surface area contributed by atoms with Crippen LogP contribution in [0.5, 0.6) is 23.0 Å². The lowest BCUT2D eigenvalue weighted by molar-refractivity contribution is -0.376. The molecule has 131 heavy (non-hydrogen) atoms. The minimum absolute atomic E-state index is 0.00300. The van der Waals surface area contributed by atoms with Crippen molar-refractivity contribution >= 4 is 23.8 Å². The molecular weight excluding hydrogens is 1710 g/mol. The summed E-state index contributed by atoms with van der Waals surface area (Å²) in [6.07, 6.45) is 12.8. The van der Waals surface area contributed by atoms with Crippen LogP contribution in [0.2, 0.25) is 0 Å². The van der Waals surface area contributed by atoms with E-state index in [1.54, 1.807) is 24.5 Å². The van der Waals surface area contributed by atoms with E-state index in [-0.39, 0.29) is 62.0 Å². The summed E-state index contributed by atoms with van der Waals surface area (Å²) in [4.78, 5) is 64.0. The minimum Gasteiger partial charge on any atom is -0.493 e. The highest BCUT2D eigenvalue weighted by Crippen LogP contribution is 2.35. The Labute approximate surface area is 769 Å². The molecule has 0 spiro atoms. The fourth-order valence-corrected chi connectivity index (χ4v) is 16.6. The molecule has 0 bridgehead atoms. The molecule has 6 heterocycles. The highest BCUT2D eigenvalue weighted by Gasteiger charge is 2.52. The van der Waals surface area contributed by atoms with Gasteiger partial charge in [-0.2, -0.15) is 10.1 Å². The first kappa shape index (κ1) is 109. The number of unbranched alkanes of at least 4 members (excludes halogenated alkanes) is 30. The van der Waals surface area contributed by atoms with Gasteiger partial charge in [-0.1, -0.05) is 217 Å². The van der Waals surface area contributed by atoms with Crippen molar-refractivity contribution in [2.24, 2.45) is 0 Å². The molecule has 8 rings (SSSR count). The molecule has 39 heteroatoms. The van der Waals surface area contributed by atoms with Gasteiger partial charge in [0.2, 0.25) is 11.8 Å². The Morgan fingerprint density at radius 1 is 0.397 bits per heavy atom. The smallest absolute Gasteiger partial charge is 0.342 e. The van der Waals surface area contributed by atoms with Crippen LogP contribution in [0.15, 0.2) is 48.8 Å². The molecule has 2 aromatic carbocycles. The van der Waals surface area contributed by atoms with Crippen molar-refractivity contribution in [3.8, 4) is 23.0 Å². The van der Waals surface area contributed by atoms with E-state index in [9.17, 15) is 80.5 Å². The molecule has 2 amide bonds. The largest absolute Gasteiger partial charge is 0.493 e. The van der Waals surface area contributed by atoms with Crippen molar-refractivity contribution in [1.82, 2.24) is 50.7 Å². The molecule has 0 radical (unpaired) electrons. The quantitative estimate of drug-likeness (QED) is 0.0130. The summed E-state index contributed by atoms with van der Waals surface area (Å²) in [7, 11) is 2.73. The number of amides is 2. The number of aliphatic hydroxyl groups is 12. The molecule has 4 saturated heterocycles. The number of hydrogen-bond acceptors (Lipinski definition) is 35. The molecule has 14 N–H and O–H groups in total. The van der Waals surface area contributed by atoms with E-state index < -0.39 is 173 Å². The van der Waals surface area contributed by atoms with Gasteiger partial charge in [-0.15, -0.1) is 10.2 Å². The molecule has 39 nitrogen and oxygen atoms in total. The zero-order valence-corrected chi connectivity index (χ0v) is 77.6. The number of hydroxylamine groups is 4. The Balaban J connectivity index is 0.874. The average molecular weight is 1860 g/mol. The first-order valence-electron chi connectivity index (χ1n) is 47.8. The predicted octanol–water partition coefficient (Wildman–Crippen LogP) is 6.35. The van der Waals surface area contributed by atoms with E-state index in [4.69, 9.17) is 61.8 Å². The van der Waals surface area contributed by atoms with Gasteiger partial charge in [0.05, 0.1) is 65.1 Å². The zero-order chi connectivity index (χ0) is 94.4. The van der Waals surface area contributed by atoms with E-state index in [2.05, 4.69) is 45.1 Å². The van der Waals surface area contributed by atoms with E-state index in [1.165, 1.54) is 226 Å². The van der Waals surface area contributed by atoms with E-state index in [0.717, 1.165) is 51.4 Å².